The molecule has 0 aromatic heterocycles. The van der Waals surface area contributed by atoms with Crippen molar-refractivity contribution in [2.45, 2.75) is 31.6 Å². The van der Waals surface area contributed by atoms with Crippen LogP contribution in [0.2, 0.25) is 0 Å². The van der Waals surface area contributed by atoms with Crippen molar-refractivity contribution < 1.29 is 31.9 Å². The maximum absolute atomic E-state index is 13.5. The SMILES string of the molecule is COc1ccc(F)cc1C(=O)NCc1ccc(C(N)=C(C(N)=O)C(N)=NC(C2CC2)C(F)(F)F)cc1. The van der Waals surface area contributed by atoms with Gasteiger partial charge >= 0.3 is 6.18 Å². The average molecular weight is 507 g/mol. The number of hydrogen-bond donors (Lipinski definition) is 4. The summed E-state index contributed by atoms with van der Waals surface area (Å²) in [5, 5.41) is 2.63. The highest BCUT2D eigenvalue weighted by molar-refractivity contribution is 6.24. The lowest BCUT2D eigenvalue weighted by atomic mass is 10.0. The van der Waals surface area contributed by atoms with E-state index in [2.05, 4.69) is 10.3 Å². The van der Waals surface area contributed by atoms with Crippen molar-refractivity contribution in [3.05, 3.63) is 70.5 Å². The minimum absolute atomic E-state index is 0.0190. The van der Waals surface area contributed by atoms with Gasteiger partial charge in [0.05, 0.1) is 18.4 Å². The average Bonchev–Trinajstić information content (AvgIpc) is 3.65. The summed E-state index contributed by atoms with van der Waals surface area (Å²) in [7, 11) is 1.35. The lowest BCUT2D eigenvalue weighted by molar-refractivity contribution is -0.151. The molecule has 12 heteroatoms. The van der Waals surface area contributed by atoms with Crippen molar-refractivity contribution in [3.8, 4) is 5.75 Å². The third-order valence-electron chi connectivity index (χ3n) is 5.58. The van der Waals surface area contributed by atoms with E-state index >= 15 is 0 Å². The normalized spacial score (nSPS) is 15.6. The number of primary amides is 1. The van der Waals surface area contributed by atoms with Gasteiger partial charge in [0.1, 0.15) is 23.0 Å². The number of nitrogens with zero attached hydrogens (tertiary/aromatic N) is 1. The molecule has 36 heavy (non-hydrogen) atoms. The van der Waals surface area contributed by atoms with Gasteiger partial charge in [-0.15, -0.1) is 0 Å². The molecule has 1 saturated carbocycles. The van der Waals surface area contributed by atoms with Gasteiger partial charge in [-0.05, 0) is 48.1 Å². The highest BCUT2D eigenvalue weighted by Crippen LogP contribution is 2.42. The van der Waals surface area contributed by atoms with E-state index in [1.807, 2.05) is 0 Å². The second kappa shape index (κ2) is 10.7. The molecular weight excluding hydrogens is 482 g/mol. The third-order valence-corrected chi connectivity index (χ3v) is 5.58. The van der Waals surface area contributed by atoms with E-state index in [0.717, 1.165) is 6.07 Å². The Morgan fingerprint density at radius 2 is 1.75 bits per heavy atom. The van der Waals surface area contributed by atoms with Crippen molar-refractivity contribution in [1.82, 2.24) is 5.32 Å². The number of alkyl halides is 3. The van der Waals surface area contributed by atoms with Crippen LogP contribution in [-0.4, -0.2) is 37.0 Å². The number of nitrogens with one attached hydrogen (secondary N) is 1. The minimum Gasteiger partial charge on any atom is -0.496 e. The minimum atomic E-state index is -4.62. The molecule has 1 aliphatic rings. The number of nitrogens with two attached hydrogens (primary N) is 3. The van der Waals surface area contributed by atoms with Gasteiger partial charge in [0.2, 0.25) is 0 Å². The molecule has 192 valence electrons. The van der Waals surface area contributed by atoms with E-state index in [9.17, 15) is 27.2 Å². The number of amidine groups is 1. The van der Waals surface area contributed by atoms with Gasteiger partial charge in [-0.1, -0.05) is 24.3 Å². The summed E-state index contributed by atoms with van der Waals surface area (Å²) < 4.78 is 58.6. The second-order valence-electron chi connectivity index (χ2n) is 8.22. The van der Waals surface area contributed by atoms with Crippen molar-refractivity contribution >= 4 is 23.3 Å². The van der Waals surface area contributed by atoms with Crippen LogP contribution >= 0.6 is 0 Å². The van der Waals surface area contributed by atoms with Gasteiger partial charge in [-0.2, -0.15) is 13.2 Å². The predicted molar refractivity (Wildman–Crippen MR) is 125 cm³/mol. The monoisotopic (exact) mass is 507 g/mol. The lowest BCUT2D eigenvalue weighted by Gasteiger charge is -2.17. The quantitative estimate of drug-likeness (QED) is 0.178. The van der Waals surface area contributed by atoms with Gasteiger partial charge in [0, 0.05) is 6.54 Å². The summed E-state index contributed by atoms with van der Waals surface area (Å²) in [6.45, 7) is 0.0589. The number of amides is 2. The molecule has 0 saturated heterocycles. The van der Waals surface area contributed by atoms with Gasteiger partial charge in [-0.25, -0.2) is 4.39 Å². The maximum atomic E-state index is 13.5. The zero-order valence-corrected chi connectivity index (χ0v) is 19.2. The molecular formula is C24H25F4N5O3. The number of methoxy groups -OCH3 is 1. The van der Waals surface area contributed by atoms with Gasteiger partial charge < -0.3 is 27.3 Å². The fraction of sp³-hybridized carbons (Fsp3) is 0.292. The topological polar surface area (TPSA) is 146 Å². The summed E-state index contributed by atoms with van der Waals surface area (Å²) >= 11 is 0. The first kappa shape index (κ1) is 26.5. The Morgan fingerprint density at radius 1 is 1.11 bits per heavy atom. The molecule has 2 amide bonds. The van der Waals surface area contributed by atoms with E-state index < -0.39 is 47.2 Å². The number of hydrogen-bond acceptors (Lipinski definition) is 5. The van der Waals surface area contributed by atoms with Crippen molar-refractivity contribution in [2.75, 3.05) is 7.11 Å². The van der Waals surface area contributed by atoms with E-state index in [1.54, 1.807) is 12.1 Å². The molecule has 0 radical (unpaired) electrons. The van der Waals surface area contributed by atoms with Crippen molar-refractivity contribution in [2.24, 2.45) is 28.1 Å². The Bertz CT molecular complexity index is 1210. The fourth-order valence-corrected chi connectivity index (χ4v) is 3.55. The number of ether oxygens (including phenoxy) is 1. The van der Waals surface area contributed by atoms with Crippen LogP contribution in [0.25, 0.3) is 5.70 Å². The summed E-state index contributed by atoms with van der Waals surface area (Å²) in [4.78, 5) is 28.0. The first-order valence-electron chi connectivity index (χ1n) is 10.8. The highest BCUT2D eigenvalue weighted by atomic mass is 19.4. The summed E-state index contributed by atoms with van der Waals surface area (Å²) in [5.41, 5.74) is 17.3. The van der Waals surface area contributed by atoms with Crippen LogP contribution in [0.1, 0.15) is 34.3 Å². The third kappa shape index (κ3) is 6.32. The van der Waals surface area contributed by atoms with Crippen LogP contribution in [0.3, 0.4) is 0 Å². The second-order valence-corrected chi connectivity index (χ2v) is 8.22. The molecule has 8 nitrogen and oxygen atoms in total. The molecule has 1 unspecified atom stereocenters. The molecule has 3 rings (SSSR count). The summed E-state index contributed by atoms with van der Waals surface area (Å²) in [6.07, 6.45) is -3.91. The molecule has 1 fully saturated rings. The van der Waals surface area contributed by atoms with Crippen molar-refractivity contribution in [3.63, 3.8) is 0 Å². The lowest BCUT2D eigenvalue weighted by Crippen LogP contribution is -2.35. The number of aliphatic imine (C=N–C) groups is 1. The Hall–Kier alpha value is -4.09. The van der Waals surface area contributed by atoms with Crippen LogP contribution in [0.15, 0.2) is 53.0 Å². The molecule has 1 aliphatic carbocycles. The van der Waals surface area contributed by atoms with E-state index in [-0.39, 0.29) is 29.1 Å². The van der Waals surface area contributed by atoms with Crippen molar-refractivity contribution in [1.29, 1.82) is 0 Å². The molecule has 1 atom stereocenters. The Labute approximate surface area is 204 Å². The Kier molecular flexibility index (Phi) is 7.86. The molecule has 2 aromatic carbocycles. The van der Waals surface area contributed by atoms with E-state index in [1.165, 1.54) is 31.4 Å². The zero-order chi connectivity index (χ0) is 26.6. The van der Waals surface area contributed by atoms with Crippen LogP contribution in [0.4, 0.5) is 17.6 Å². The smallest absolute Gasteiger partial charge is 0.411 e. The Morgan fingerprint density at radius 3 is 2.28 bits per heavy atom. The van der Waals surface area contributed by atoms with Crippen LogP contribution in [0.5, 0.6) is 5.75 Å². The van der Waals surface area contributed by atoms with Gasteiger partial charge in [0.25, 0.3) is 11.8 Å². The number of halogens is 4. The molecule has 0 aliphatic heterocycles. The number of rotatable bonds is 9. The number of carbonyl (C=O) groups excluding carboxylic acids is 2. The van der Waals surface area contributed by atoms with E-state index in [4.69, 9.17) is 21.9 Å². The molecule has 0 spiro atoms. The number of carbonyl (C=O) groups is 2. The standard InChI is InChI=1S/C24H25F4N5O3/c1-36-17-9-8-15(25)10-16(17)23(35)32-11-12-2-4-13(5-3-12)19(29)18(22(31)34)21(30)33-20(14-6-7-14)24(26,27)28/h2-5,8-10,14,20H,6-7,11,29H2,1H3,(H2,30,33)(H2,31,34)(H,32,35). The molecule has 2 aromatic rings. The van der Waals surface area contributed by atoms with Crippen LogP contribution in [-0.2, 0) is 11.3 Å². The van der Waals surface area contributed by atoms with Gasteiger partial charge in [0.15, 0.2) is 6.04 Å². The summed E-state index contributed by atoms with van der Waals surface area (Å²) in [5.74, 6) is -3.46. The maximum Gasteiger partial charge on any atom is 0.411 e. The zero-order valence-electron chi connectivity index (χ0n) is 19.2. The molecule has 0 heterocycles. The van der Waals surface area contributed by atoms with Crippen LogP contribution in [0, 0.1) is 11.7 Å². The Balaban J connectivity index is 1.78. The summed E-state index contributed by atoms with van der Waals surface area (Å²) in [6, 6.07) is 7.62. The highest BCUT2D eigenvalue weighted by Gasteiger charge is 2.49. The predicted octanol–water partition coefficient (Wildman–Crippen LogP) is 2.62. The molecule has 7 N–H and O–H groups in total. The number of benzene rings is 2. The van der Waals surface area contributed by atoms with E-state index in [0.29, 0.717) is 18.4 Å². The fourth-order valence-electron chi connectivity index (χ4n) is 3.55. The van der Waals surface area contributed by atoms with Crippen LogP contribution < -0.4 is 27.3 Å². The first-order valence-corrected chi connectivity index (χ1v) is 10.8. The van der Waals surface area contributed by atoms with Gasteiger partial charge in [-0.3, -0.25) is 14.6 Å². The largest absolute Gasteiger partial charge is 0.496 e. The first-order chi connectivity index (χ1) is 16.9. The molecule has 0 bridgehead atoms.